The van der Waals surface area contributed by atoms with Crippen molar-refractivity contribution in [3.8, 4) is 5.75 Å². The van der Waals surface area contributed by atoms with Crippen LogP contribution in [0, 0.1) is 0 Å². The lowest BCUT2D eigenvalue weighted by Crippen LogP contribution is -2.48. The fraction of sp³-hybridized carbons (Fsp3) is 0.462. The third-order valence-electron chi connectivity index (χ3n) is 3.56. The molecule has 2 N–H and O–H groups in total. The summed E-state index contributed by atoms with van der Waals surface area (Å²) in [5, 5.41) is 19.0. The predicted molar refractivity (Wildman–Crippen MR) is 63.9 cm³/mol. The van der Waals surface area contributed by atoms with E-state index in [0.29, 0.717) is 5.56 Å². The molecule has 92 valence electrons. The van der Waals surface area contributed by atoms with Crippen LogP contribution in [0.1, 0.15) is 25.3 Å². The van der Waals surface area contributed by atoms with Crippen molar-refractivity contribution in [1.29, 1.82) is 0 Å². The van der Waals surface area contributed by atoms with Crippen molar-refractivity contribution in [2.75, 3.05) is 13.1 Å². The molecule has 17 heavy (non-hydrogen) atoms. The molecule has 0 spiro atoms. The molecule has 1 fully saturated rings. The molecule has 1 unspecified atom stereocenters. The van der Waals surface area contributed by atoms with E-state index in [1.165, 1.54) is 6.07 Å². The zero-order chi connectivity index (χ0) is 12.5. The van der Waals surface area contributed by atoms with E-state index in [-0.39, 0.29) is 5.75 Å². The van der Waals surface area contributed by atoms with Crippen LogP contribution in [0.15, 0.2) is 24.3 Å². The number of hydrogen-bond acceptors (Lipinski definition) is 3. The Morgan fingerprint density at radius 1 is 1.35 bits per heavy atom. The first-order valence-electron chi connectivity index (χ1n) is 5.83. The van der Waals surface area contributed by atoms with Crippen molar-refractivity contribution in [2.45, 2.75) is 25.3 Å². The maximum atomic E-state index is 11.6. The first-order chi connectivity index (χ1) is 8.05. The first-order valence-corrected chi connectivity index (χ1v) is 5.83. The fourth-order valence-corrected chi connectivity index (χ4v) is 2.41. The number of nitrogens with zero attached hydrogens (tertiary/aromatic N) is 1. The van der Waals surface area contributed by atoms with E-state index in [2.05, 4.69) is 0 Å². The Labute approximate surface area is 100 Å². The van der Waals surface area contributed by atoms with Crippen molar-refractivity contribution in [1.82, 2.24) is 4.90 Å². The van der Waals surface area contributed by atoms with Crippen LogP contribution in [-0.2, 0) is 10.3 Å². The molecule has 1 atom stereocenters. The molecular formula is C13H17NO3. The minimum Gasteiger partial charge on any atom is -0.508 e. The van der Waals surface area contributed by atoms with Gasteiger partial charge in [0.2, 0.25) is 0 Å². The Bertz CT molecular complexity index is 426. The molecule has 0 aliphatic carbocycles. The van der Waals surface area contributed by atoms with Crippen molar-refractivity contribution in [3.63, 3.8) is 0 Å². The van der Waals surface area contributed by atoms with Gasteiger partial charge in [-0.25, -0.2) is 4.79 Å². The Kier molecular flexibility index (Phi) is 3.07. The van der Waals surface area contributed by atoms with E-state index in [1.807, 2.05) is 4.90 Å². The maximum Gasteiger partial charge on any atom is 0.328 e. The molecule has 0 saturated carbocycles. The second kappa shape index (κ2) is 4.37. The highest BCUT2D eigenvalue weighted by atomic mass is 16.4. The van der Waals surface area contributed by atoms with E-state index in [9.17, 15) is 15.0 Å². The molecule has 1 heterocycles. The van der Waals surface area contributed by atoms with Gasteiger partial charge < -0.3 is 10.2 Å². The van der Waals surface area contributed by atoms with Crippen LogP contribution in [-0.4, -0.2) is 34.2 Å². The number of hydrogen-bond donors (Lipinski definition) is 2. The Morgan fingerprint density at radius 3 is 2.53 bits per heavy atom. The predicted octanol–water partition coefficient (Wildman–Crippen LogP) is 1.79. The van der Waals surface area contributed by atoms with Gasteiger partial charge in [0.1, 0.15) is 11.3 Å². The van der Waals surface area contributed by atoms with Gasteiger partial charge in [-0.15, -0.1) is 0 Å². The van der Waals surface area contributed by atoms with E-state index in [0.717, 1.165) is 25.9 Å². The highest BCUT2D eigenvalue weighted by Gasteiger charge is 2.42. The number of carbonyl (C=O) groups is 1. The van der Waals surface area contributed by atoms with Crippen molar-refractivity contribution in [2.24, 2.45) is 0 Å². The third-order valence-corrected chi connectivity index (χ3v) is 3.56. The molecule has 1 aromatic carbocycles. The van der Waals surface area contributed by atoms with Crippen LogP contribution in [0.5, 0.6) is 5.75 Å². The summed E-state index contributed by atoms with van der Waals surface area (Å²) >= 11 is 0. The minimum absolute atomic E-state index is 0.106. The smallest absolute Gasteiger partial charge is 0.328 e. The normalized spacial score (nSPS) is 20.1. The average molecular weight is 235 g/mol. The second-order valence-corrected chi connectivity index (χ2v) is 4.62. The molecule has 0 aromatic heterocycles. The van der Waals surface area contributed by atoms with Gasteiger partial charge in [0.05, 0.1) is 0 Å². The van der Waals surface area contributed by atoms with E-state index in [4.69, 9.17) is 0 Å². The van der Waals surface area contributed by atoms with Gasteiger partial charge in [-0.2, -0.15) is 0 Å². The fourth-order valence-electron chi connectivity index (χ4n) is 2.41. The van der Waals surface area contributed by atoms with Crippen LogP contribution in [0.3, 0.4) is 0 Å². The van der Waals surface area contributed by atoms with Gasteiger partial charge in [0.15, 0.2) is 0 Å². The van der Waals surface area contributed by atoms with Crippen LogP contribution in [0.2, 0.25) is 0 Å². The number of rotatable bonds is 3. The van der Waals surface area contributed by atoms with E-state index < -0.39 is 11.5 Å². The maximum absolute atomic E-state index is 11.6. The average Bonchev–Trinajstić information content (AvgIpc) is 2.81. The lowest BCUT2D eigenvalue weighted by Gasteiger charge is -2.35. The summed E-state index contributed by atoms with van der Waals surface area (Å²) in [5.41, 5.74) is -0.415. The number of benzene rings is 1. The topological polar surface area (TPSA) is 60.8 Å². The number of carboxylic acids is 1. The summed E-state index contributed by atoms with van der Waals surface area (Å²) in [7, 11) is 0. The molecule has 0 amide bonds. The number of likely N-dealkylation sites (tertiary alicyclic amines) is 1. The largest absolute Gasteiger partial charge is 0.508 e. The van der Waals surface area contributed by atoms with Crippen molar-refractivity contribution >= 4 is 5.97 Å². The number of phenols is 1. The quantitative estimate of drug-likeness (QED) is 0.838. The van der Waals surface area contributed by atoms with Gasteiger partial charge in [0, 0.05) is 0 Å². The summed E-state index contributed by atoms with van der Waals surface area (Å²) in [6.07, 6.45) is 2.06. The molecular weight excluding hydrogens is 218 g/mol. The summed E-state index contributed by atoms with van der Waals surface area (Å²) in [6, 6.07) is 6.52. The summed E-state index contributed by atoms with van der Waals surface area (Å²) in [6.45, 7) is 3.28. The number of aromatic hydroxyl groups is 1. The summed E-state index contributed by atoms with van der Waals surface area (Å²) in [4.78, 5) is 13.6. The van der Waals surface area contributed by atoms with Crippen molar-refractivity contribution in [3.05, 3.63) is 29.8 Å². The first kappa shape index (κ1) is 11.9. The van der Waals surface area contributed by atoms with Gasteiger partial charge in [0.25, 0.3) is 0 Å². The molecule has 2 rings (SSSR count). The van der Waals surface area contributed by atoms with Crippen molar-refractivity contribution < 1.29 is 15.0 Å². The van der Waals surface area contributed by atoms with Gasteiger partial charge >= 0.3 is 5.97 Å². The van der Waals surface area contributed by atoms with Gasteiger partial charge in [-0.3, -0.25) is 4.90 Å². The minimum atomic E-state index is -1.05. The SMILES string of the molecule is CC(C(=O)O)(c1cccc(O)c1)N1CCCC1. The lowest BCUT2D eigenvalue weighted by atomic mass is 9.90. The zero-order valence-corrected chi connectivity index (χ0v) is 9.89. The molecule has 1 saturated heterocycles. The standard InChI is InChI=1S/C13H17NO3/c1-13(12(16)17,14-7-2-3-8-14)10-5-4-6-11(15)9-10/h4-6,9,15H,2-3,7-8H2,1H3,(H,16,17). The monoisotopic (exact) mass is 235 g/mol. The highest BCUT2D eigenvalue weighted by molar-refractivity contribution is 5.80. The van der Waals surface area contributed by atoms with E-state index in [1.54, 1.807) is 25.1 Å². The number of aliphatic carboxylic acids is 1. The molecule has 4 nitrogen and oxygen atoms in total. The zero-order valence-electron chi connectivity index (χ0n) is 9.89. The van der Waals surface area contributed by atoms with Crippen LogP contribution < -0.4 is 0 Å². The Morgan fingerprint density at radius 2 is 2.00 bits per heavy atom. The van der Waals surface area contributed by atoms with Gasteiger partial charge in [-0.05, 0) is 50.6 Å². The molecule has 0 bridgehead atoms. The Hall–Kier alpha value is -1.55. The third kappa shape index (κ3) is 2.00. The number of phenolic OH excluding ortho intramolecular Hbond substituents is 1. The lowest BCUT2D eigenvalue weighted by molar-refractivity contribution is -0.150. The van der Waals surface area contributed by atoms with Gasteiger partial charge in [-0.1, -0.05) is 12.1 Å². The Balaban J connectivity index is 2.43. The number of carboxylic acid groups (broad SMARTS) is 1. The van der Waals surface area contributed by atoms with Crippen LogP contribution in [0.4, 0.5) is 0 Å². The summed E-state index contributed by atoms with van der Waals surface area (Å²) < 4.78 is 0. The molecule has 1 aliphatic rings. The molecule has 4 heteroatoms. The van der Waals surface area contributed by atoms with Crippen LogP contribution >= 0.6 is 0 Å². The highest BCUT2D eigenvalue weighted by Crippen LogP contribution is 2.33. The molecule has 1 aromatic rings. The molecule has 0 radical (unpaired) electrons. The molecule has 1 aliphatic heterocycles. The van der Waals surface area contributed by atoms with E-state index >= 15 is 0 Å². The summed E-state index contributed by atoms with van der Waals surface area (Å²) in [5.74, 6) is -0.765. The van der Waals surface area contributed by atoms with Crippen LogP contribution in [0.25, 0.3) is 0 Å². The second-order valence-electron chi connectivity index (χ2n) is 4.62.